The third kappa shape index (κ3) is 3.63. The van der Waals surface area contributed by atoms with Gasteiger partial charge in [0, 0.05) is 18.9 Å². The van der Waals surface area contributed by atoms with Crippen LogP contribution in [-0.4, -0.2) is 21.5 Å². The van der Waals surface area contributed by atoms with E-state index < -0.39 is 0 Å². The maximum absolute atomic E-state index is 5.61. The van der Waals surface area contributed by atoms with Crippen molar-refractivity contribution in [2.24, 2.45) is 11.7 Å². The van der Waals surface area contributed by atoms with E-state index in [1.165, 1.54) is 32.1 Å². The topological polar surface area (TPSA) is 63.8 Å². The maximum atomic E-state index is 5.61. The number of aromatic nitrogens is 2. The molecule has 1 saturated carbocycles. The first kappa shape index (κ1) is 13.2. The highest BCUT2D eigenvalue weighted by Gasteiger charge is 2.14. The van der Waals surface area contributed by atoms with E-state index in [0.717, 1.165) is 18.9 Å². The van der Waals surface area contributed by atoms with E-state index in [1.807, 2.05) is 0 Å². The van der Waals surface area contributed by atoms with Gasteiger partial charge in [-0.1, -0.05) is 37.9 Å². The Balaban J connectivity index is 1.77. The van der Waals surface area contributed by atoms with Crippen molar-refractivity contribution >= 4 is 23.0 Å². The first-order chi connectivity index (χ1) is 8.77. The highest BCUT2D eigenvalue weighted by atomic mass is 32.1. The molecule has 1 aromatic rings. The minimum atomic E-state index is 0.293. The first-order valence-corrected chi connectivity index (χ1v) is 7.03. The van der Waals surface area contributed by atoms with E-state index in [4.69, 9.17) is 18.0 Å². The highest BCUT2D eigenvalue weighted by Crippen LogP contribution is 2.28. The number of nitrogens with one attached hydrogen (secondary N) is 1. The summed E-state index contributed by atoms with van der Waals surface area (Å²) >= 11 is 4.95. The molecule has 0 amide bonds. The summed E-state index contributed by atoms with van der Waals surface area (Å²) in [5.74, 6) is 1.64. The lowest BCUT2D eigenvalue weighted by Crippen LogP contribution is -2.17. The number of nitrogens with two attached hydrogens (primary N) is 1. The lowest BCUT2D eigenvalue weighted by molar-refractivity contribution is 0.491. The fourth-order valence-corrected chi connectivity index (χ4v) is 2.69. The molecule has 0 spiro atoms. The largest absolute Gasteiger partial charge is 0.388 e. The molecule has 0 unspecified atom stereocenters. The van der Waals surface area contributed by atoms with Crippen LogP contribution >= 0.6 is 12.2 Å². The van der Waals surface area contributed by atoms with E-state index in [1.54, 1.807) is 12.4 Å². The molecule has 1 heterocycles. The number of hydrogen-bond acceptors (Lipinski definition) is 4. The SMILES string of the molecule is NC(=S)c1nccnc1NCCCC1CCCC1. The Morgan fingerprint density at radius 2 is 2.06 bits per heavy atom. The summed E-state index contributed by atoms with van der Waals surface area (Å²) in [6.45, 7) is 0.908. The summed E-state index contributed by atoms with van der Waals surface area (Å²) < 4.78 is 0. The number of hydrogen-bond donors (Lipinski definition) is 2. The van der Waals surface area contributed by atoms with Gasteiger partial charge in [0.1, 0.15) is 10.7 Å². The molecule has 5 heteroatoms. The normalized spacial score (nSPS) is 15.8. The second kappa shape index (κ2) is 6.64. The molecule has 0 aliphatic heterocycles. The summed E-state index contributed by atoms with van der Waals surface area (Å²) in [5.41, 5.74) is 6.20. The van der Waals surface area contributed by atoms with Gasteiger partial charge < -0.3 is 11.1 Å². The minimum Gasteiger partial charge on any atom is -0.388 e. The second-order valence-corrected chi connectivity index (χ2v) is 5.28. The maximum Gasteiger partial charge on any atom is 0.155 e. The van der Waals surface area contributed by atoms with Crippen molar-refractivity contribution in [1.29, 1.82) is 0 Å². The molecule has 2 rings (SSSR count). The Bertz CT molecular complexity index is 402. The van der Waals surface area contributed by atoms with E-state index in [-0.39, 0.29) is 0 Å². The highest BCUT2D eigenvalue weighted by molar-refractivity contribution is 7.80. The fraction of sp³-hybridized carbons (Fsp3) is 0.615. The quantitative estimate of drug-likeness (QED) is 0.610. The molecule has 0 radical (unpaired) electrons. The van der Waals surface area contributed by atoms with Crippen LogP contribution in [0.15, 0.2) is 12.4 Å². The van der Waals surface area contributed by atoms with Gasteiger partial charge in [0.25, 0.3) is 0 Å². The number of rotatable bonds is 6. The molecular formula is C13H20N4S. The predicted molar refractivity (Wildman–Crippen MR) is 77.6 cm³/mol. The van der Waals surface area contributed by atoms with E-state index in [2.05, 4.69) is 15.3 Å². The van der Waals surface area contributed by atoms with Crippen molar-refractivity contribution in [1.82, 2.24) is 9.97 Å². The monoisotopic (exact) mass is 264 g/mol. The van der Waals surface area contributed by atoms with Crippen LogP contribution in [0.3, 0.4) is 0 Å². The number of nitrogens with zero attached hydrogens (tertiary/aromatic N) is 2. The van der Waals surface area contributed by atoms with Gasteiger partial charge in [0.2, 0.25) is 0 Å². The summed E-state index contributed by atoms with van der Waals surface area (Å²) in [6, 6.07) is 0. The minimum absolute atomic E-state index is 0.293. The van der Waals surface area contributed by atoms with Crippen LogP contribution in [0.1, 0.15) is 44.2 Å². The lowest BCUT2D eigenvalue weighted by atomic mass is 10.0. The van der Waals surface area contributed by atoms with Crippen molar-refractivity contribution in [2.75, 3.05) is 11.9 Å². The van der Waals surface area contributed by atoms with Gasteiger partial charge in [-0.15, -0.1) is 0 Å². The Kier molecular flexibility index (Phi) is 4.87. The molecule has 3 N–H and O–H groups in total. The summed E-state index contributed by atoms with van der Waals surface area (Å²) in [6.07, 6.45) is 11.4. The Hall–Kier alpha value is -1.23. The van der Waals surface area contributed by atoms with Crippen LogP contribution in [-0.2, 0) is 0 Å². The molecule has 1 fully saturated rings. The van der Waals surface area contributed by atoms with E-state index >= 15 is 0 Å². The van der Waals surface area contributed by atoms with Gasteiger partial charge in [0.15, 0.2) is 5.82 Å². The number of anilines is 1. The van der Waals surface area contributed by atoms with Gasteiger partial charge in [-0.2, -0.15) is 0 Å². The van der Waals surface area contributed by atoms with Gasteiger partial charge in [-0.25, -0.2) is 9.97 Å². The molecule has 98 valence electrons. The van der Waals surface area contributed by atoms with Crippen molar-refractivity contribution < 1.29 is 0 Å². The lowest BCUT2D eigenvalue weighted by Gasteiger charge is -2.11. The van der Waals surface area contributed by atoms with Gasteiger partial charge in [-0.3, -0.25) is 0 Å². The van der Waals surface area contributed by atoms with Crippen LogP contribution in [0.25, 0.3) is 0 Å². The molecule has 1 aliphatic carbocycles. The third-order valence-corrected chi connectivity index (χ3v) is 3.68. The predicted octanol–water partition coefficient (Wildman–Crippen LogP) is 2.49. The van der Waals surface area contributed by atoms with Gasteiger partial charge >= 0.3 is 0 Å². The first-order valence-electron chi connectivity index (χ1n) is 6.62. The summed E-state index contributed by atoms with van der Waals surface area (Å²) in [5, 5.41) is 3.28. The molecule has 4 nitrogen and oxygen atoms in total. The zero-order valence-corrected chi connectivity index (χ0v) is 11.4. The zero-order chi connectivity index (χ0) is 12.8. The third-order valence-electron chi connectivity index (χ3n) is 3.49. The van der Waals surface area contributed by atoms with Crippen LogP contribution in [0, 0.1) is 5.92 Å². The van der Waals surface area contributed by atoms with Gasteiger partial charge in [0.05, 0.1) is 0 Å². The molecule has 1 aromatic heterocycles. The molecule has 0 bridgehead atoms. The zero-order valence-electron chi connectivity index (χ0n) is 10.6. The number of thiocarbonyl (C=S) groups is 1. The van der Waals surface area contributed by atoms with Crippen molar-refractivity contribution in [3.8, 4) is 0 Å². The molecular weight excluding hydrogens is 244 g/mol. The van der Waals surface area contributed by atoms with E-state index in [0.29, 0.717) is 16.5 Å². The van der Waals surface area contributed by atoms with Crippen molar-refractivity contribution in [3.63, 3.8) is 0 Å². The second-order valence-electron chi connectivity index (χ2n) is 4.84. The fourth-order valence-electron chi connectivity index (χ4n) is 2.54. The van der Waals surface area contributed by atoms with Crippen LogP contribution in [0.5, 0.6) is 0 Å². The average molecular weight is 264 g/mol. The van der Waals surface area contributed by atoms with E-state index in [9.17, 15) is 0 Å². The molecule has 0 atom stereocenters. The molecule has 18 heavy (non-hydrogen) atoms. The molecule has 0 aromatic carbocycles. The van der Waals surface area contributed by atoms with Crippen LogP contribution in [0.2, 0.25) is 0 Å². The molecule has 1 aliphatic rings. The Morgan fingerprint density at radius 3 is 2.78 bits per heavy atom. The van der Waals surface area contributed by atoms with Crippen molar-refractivity contribution in [2.45, 2.75) is 38.5 Å². The van der Waals surface area contributed by atoms with Crippen LogP contribution < -0.4 is 11.1 Å². The average Bonchev–Trinajstić information content (AvgIpc) is 2.88. The Labute approximate surface area is 113 Å². The standard InChI is InChI=1S/C13H20N4S/c14-12(18)11-13(17-9-8-15-11)16-7-3-6-10-4-1-2-5-10/h8-10H,1-7H2,(H2,14,18)(H,16,17). The summed E-state index contributed by atoms with van der Waals surface area (Å²) in [4.78, 5) is 8.66. The summed E-state index contributed by atoms with van der Waals surface area (Å²) in [7, 11) is 0. The molecule has 0 saturated heterocycles. The van der Waals surface area contributed by atoms with Crippen LogP contribution in [0.4, 0.5) is 5.82 Å². The Morgan fingerprint density at radius 1 is 1.33 bits per heavy atom. The van der Waals surface area contributed by atoms with Gasteiger partial charge in [-0.05, 0) is 18.8 Å². The van der Waals surface area contributed by atoms with Crippen molar-refractivity contribution in [3.05, 3.63) is 18.1 Å². The smallest absolute Gasteiger partial charge is 0.155 e.